The Morgan fingerprint density at radius 1 is 1.24 bits per heavy atom. The van der Waals surface area contributed by atoms with Gasteiger partial charge in [-0.3, -0.25) is 9.36 Å². The lowest BCUT2D eigenvalue weighted by Gasteiger charge is -2.21. The molecule has 0 spiro atoms. The molecule has 0 N–H and O–H groups in total. The lowest BCUT2D eigenvalue weighted by molar-refractivity contribution is 0.593. The van der Waals surface area contributed by atoms with Gasteiger partial charge in [0.2, 0.25) is 0 Å². The molecular formula is C14H18N2O. The van der Waals surface area contributed by atoms with Crippen molar-refractivity contribution in [2.45, 2.75) is 33.1 Å². The number of hydrogen-bond acceptors (Lipinski definition) is 2. The number of para-hydroxylation sites is 1. The van der Waals surface area contributed by atoms with Gasteiger partial charge >= 0.3 is 0 Å². The Kier molecular flexibility index (Phi) is 2.57. The van der Waals surface area contributed by atoms with Crippen LogP contribution in [0.2, 0.25) is 0 Å². The Morgan fingerprint density at radius 3 is 2.47 bits per heavy atom. The second-order valence-electron chi connectivity index (χ2n) is 5.47. The molecule has 0 saturated carbocycles. The van der Waals surface area contributed by atoms with Crippen LogP contribution in [-0.4, -0.2) is 9.55 Å². The van der Waals surface area contributed by atoms with Gasteiger partial charge < -0.3 is 0 Å². The fourth-order valence-electron chi connectivity index (χ4n) is 2.01. The number of aryl methyl sites for hydroxylation is 1. The molecule has 90 valence electrons. The molecule has 0 aliphatic heterocycles. The standard InChI is InChI=1S/C14H18N2O/c1-9-15-12-10(13(17)16(9)5)7-6-8-11(12)14(2,3)4/h6-8H,1-5H3. The van der Waals surface area contributed by atoms with E-state index < -0.39 is 0 Å². The minimum atomic E-state index is -0.00862. The largest absolute Gasteiger partial charge is 0.299 e. The second kappa shape index (κ2) is 3.69. The highest BCUT2D eigenvalue weighted by atomic mass is 16.1. The fourth-order valence-corrected chi connectivity index (χ4v) is 2.01. The van der Waals surface area contributed by atoms with Crippen molar-refractivity contribution in [3.63, 3.8) is 0 Å². The van der Waals surface area contributed by atoms with Crippen LogP contribution in [0.4, 0.5) is 0 Å². The van der Waals surface area contributed by atoms with Gasteiger partial charge in [-0.2, -0.15) is 0 Å². The lowest BCUT2D eigenvalue weighted by atomic mass is 9.85. The van der Waals surface area contributed by atoms with Gasteiger partial charge in [0.1, 0.15) is 5.82 Å². The summed E-state index contributed by atoms with van der Waals surface area (Å²) in [5.41, 5.74) is 1.97. The summed E-state index contributed by atoms with van der Waals surface area (Å²) in [5, 5.41) is 0.700. The molecule has 0 fully saturated rings. The van der Waals surface area contributed by atoms with Crippen molar-refractivity contribution in [1.29, 1.82) is 0 Å². The van der Waals surface area contributed by atoms with Crippen molar-refractivity contribution in [3.05, 3.63) is 39.9 Å². The van der Waals surface area contributed by atoms with E-state index in [0.717, 1.165) is 16.9 Å². The summed E-state index contributed by atoms with van der Waals surface area (Å²) in [7, 11) is 1.76. The van der Waals surface area contributed by atoms with E-state index in [0.29, 0.717) is 5.39 Å². The molecule has 17 heavy (non-hydrogen) atoms. The molecule has 3 nitrogen and oxygen atoms in total. The zero-order valence-electron chi connectivity index (χ0n) is 11.0. The number of benzene rings is 1. The summed E-state index contributed by atoms with van der Waals surface area (Å²) in [6.45, 7) is 8.27. The quantitative estimate of drug-likeness (QED) is 0.697. The Balaban J connectivity index is 2.97. The van der Waals surface area contributed by atoms with Gasteiger partial charge in [0.05, 0.1) is 10.9 Å². The number of hydrogen-bond donors (Lipinski definition) is 0. The smallest absolute Gasteiger partial charge is 0.261 e. The van der Waals surface area contributed by atoms with E-state index in [1.165, 1.54) is 0 Å². The van der Waals surface area contributed by atoms with Crippen LogP contribution in [0, 0.1) is 6.92 Å². The SMILES string of the molecule is Cc1nc2c(C(C)(C)C)cccc2c(=O)n1C. The molecule has 0 bridgehead atoms. The summed E-state index contributed by atoms with van der Waals surface area (Å²) in [6, 6.07) is 5.83. The van der Waals surface area contributed by atoms with Gasteiger partial charge in [-0.1, -0.05) is 32.9 Å². The average Bonchev–Trinajstić information content (AvgIpc) is 2.24. The van der Waals surface area contributed by atoms with E-state index in [1.54, 1.807) is 11.6 Å². The predicted octanol–water partition coefficient (Wildman–Crippen LogP) is 2.54. The Labute approximate surface area is 101 Å². The van der Waals surface area contributed by atoms with Crippen molar-refractivity contribution >= 4 is 10.9 Å². The predicted molar refractivity (Wildman–Crippen MR) is 70.4 cm³/mol. The highest BCUT2D eigenvalue weighted by Gasteiger charge is 2.19. The van der Waals surface area contributed by atoms with E-state index in [-0.39, 0.29) is 11.0 Å². The zero-order valence-corrected chi connectivity index (χ0v) is 11.0. The van der Waals surface area contributed by atoms with Gasteiger partial charge in [-0.05, 0) is 24.0 Å². The first-order valence-electron chi connectivity index (χ1n) is 5.79. The third-order valence-corrected chi connectivity index (χ3v) is 3.14. The molecule has 2 rings (SSSR count). The second-order valence-corrected chi connectivity index (χ2v) is 5.47. The molecule has 1 aromatic heterocycles. The third kappa shape index (κ3) is 1.86. The van der Waals surface area contributed by atoms with Crippen molar-refractivity contribution in [1.82, 2.24) is 9.55 Å². The van der Waals surface area contributed by atoms with Gasteiger partial charge in [0.15, 0.2) is 0 Å². The summed E-state index contributed by atoms with van der Waals surface area (Å²) in [6.07, 6.45) is 0. The third-order valence-electron chi connectivity index (χ3n) is 3.14. The maximum Gasteiger partial charge on any atom is 0.261 e. The molecule has 1 aromatic carbocycles. The average molecular weight is 230 g/mol. The highest BCUT2D eigenvalue weighted by molar-refractivity contribution is 5.82. The van der Waals surface area contributed by atoms with Crippen molar-refractivity contribution in [3.8, 4) is 0 Å². The molecule has 0 amide bonds. The number of aromatic nitrogens is 2. The minimum absolute atomic E-state index is 0.00862. The summed E-state index contributed by atoms with van der Waals surface area (Å²) in [5.74, 6) is 0.749. The van der Waals surface area contributed by atoms with E-state index >= 15 is 0 Å². The van der Waals surface area contributed by atoms with Gasteiger partial charge in [0, 0.05) is 7.05 Å². The van der Waals surface area contributed by atoms with E-state index in [2.05, 4.69) is 25.8 Å². The number of rotatable bonds is 0. The van der Waals surface area contributed by atoms with E-state index in [9.17, 15) is 4.79 Å². The van der Waals surface area contributed by atoms with Crippen molar-refractivity contribution < 1.29 is 0 Å². The Hall–Kier alpha value is -1.64. The number of fused-ring (bicyclic) bond motifs is 1. The number of nitrogens with zero attached hydrogens (tertiary/aromatic N) is 2. The van der Waals surface area contributed by atoms with Crippen LogP contribution >= 0.6 is 0 Å². The van der Waals surface area contributed by atoms with Crippen LogP contribution in [0.15, 0.2) is 23.0 Å². The van der Waals surface area contributed by atoms with E-state index in [4.69, 9.17) is 0 Å². The first-order chi connectivity index (χ1) is 7.82. The van der Waals surface area contributed by atoms with Gasteiger partial charge in [0.25, 0.3) is 5.56 Å². The van der Waals surface area contributed by atoms with Crippen LogP contribution < -0.4 is 5.56 Å². The van der Waals surface area contributed by atoms with Crippen LogP contribution in [-0.2, 0) is 12.5 Å². The zero-order chi connectivity index (χ0) is 12.8. The molecule has 0 unspecified atom stereocenters. The topological polar surface area (TPSA) is 34.9 Å². The molecule has 0 aliphatic carbocycles. The van der Waals surface area contributed by atoms with Crippen LogP contribution in [0.25, 0.3) is 10.9 Å². The van der Waals surface area contributed by atoms with Gasteiger partial charge in [-0.25, -0.2) is 4.98 Å². The summed E-state index contributed by atoms with van der Waals surface area (Å²) >= 11 is 0. The first-order valence-corrected chi connectivity index (χ1v) is 5.79. The molecule has 3 heteroatoms. The molecule has 0 radical (unpaired) electrons. The molecule has 0 atom stereocenters. The van der Waals surface area contributed by atoms with Crippen LogP contribution in [0.5, 0.6) is 0 Å². The molecule has 1 heterocycles. The Morgan fingerprint density at radius 2 is 1.88 bits per heavy atom. The van der Waals surface area contributed by atoms with Crippen molar-refractivity contribution in [2.75, 3.05) is 0 Å². The monoisotopic (exact) mass is 230 g/mol. The van der Waals surface area contributed by atoms with Crippen LogP contribution in [0.3, 0.4) is 0 Å². The normalized spacial score (nSPS) is 12.1. The fraction of sp³-hybridized carbons (Fsp3) is 0.429. The molecule has 0 saturated heterocycles. The highest BCUT2D eigenvalue weighted by Crippen LogP contribution is 2.27. The van der Waals surface area contributed by atoms with E-state index in [1.807, 2.05) is 25.1 Å². The lowest BCUT2D eigenvalue weighted by Crippen LogP contribution is -2.22. The maximum absolute atomic E-state index is 12.2. The van der Waals surface area contributed by atoms with Crippen LogP contribution in [0.1, 0.15) is 32.2 Å². The van der Waals surface area contributed by atoms with Crippen molar-refractivity contribution in [2.24, 2.45) is 7.05 Å². The Bertz CT molecular complexity index is 633. The molecule has 0 aliphatic rings. The molecule has 2 aromatic rings. The van der Waals surface area contributed by atoms with Gasteiger partial charge in [-0.15, -0.1) is 0 Å². The molecular weight excluding hydrogens is 212 g/mol. The maximum atomic E-state index is 12.2. The summed E-state index contributed by atoms with van der Waals surface area (Å²) < 4.78 is 1.59. The first kappa shape index (κ1) is 11.8. The minimum Gasteiger partial charge on any atom is -0.299 e. The summed E-state index contributed by atoms with van der Waals surface area (Å²) in [4.78, 5) is 16.7.